The lowest BCUT2D eigenvalue weighted by Gasteiger charge is -2.08. The maximum absolute atomic E-state index is 12.3. The Morgan fingerprint density at radius 3 is 2.88 bits per heavy atom. The molecule has 0 aliphatic heterocycles. The highest BCUT2D eigenvalue weighted by molar-refractivity contribution is 5.78. The van der Waals surface area contributed by atoms with Gasteiger partial charge in [0.15, 0.2) is 5.82 Å². The van der Waals surface area contributed by atoms with Gasteiger partial charge in [-0.25, -0.2) is 4.98 Å². The fourth-order valence-corrected chi connectivity index (χ4v) is 3.36. The van der Waals surface area contributed by atoms with Crippen LogP contribution in [0.3, 0.4) is 0 Å². The van der Waals surface area contributed by atoms with Crippen LogP contribution in [0.15, 0.2) is 48.8 Å². The maximum Gasteiger partial charge on any atom is 0.224 e. The van der Waals surface area contributed by atoms with E-state index < -0.39 is 0 Å². The van der Waals surface area contributed by atoms with Gasteiger partial charge in [-0.05, 0) is 47.6 Å². The lowest BCUT2D eigenvalue weighted by atomic mass is 10.0. The summed E-state index contributed by atoms with van der Waals surface area (Å²) in [5, 5.41) is 9.72. The van der Waals surface area contributed by atoms with Crippen LogP contribution in [0, 0.1) is 0 Å². The molecule has 0 unspecified atom stereocenters. The molecule has 2 N–H and O–H groups in total. The maximum atomic E-state index is 12.3. The monoisotopic (exact) mass is 332 g/mol. The minimum absolute atomic E-state index is 0.0445. The molecule has 1 aliphatic carbocycles. The summed E-state index contributed by atoms with van der Waals surface area (Å²) in [6, 6.07) is 14.4. The lowest BCUT2D eigenvalue weighted by molar-refractivity contribution is -0.120. The van der Waals surface area contributed by atoms with Crippen LogP contribution < -0.4 is 5.32 Å². The van der Waals surface area contributed by atoms with Crippen molar-refractivity contribution in [3.8, 4) is 11.4 Å². The highest BCUT2D eigenvalue weighted by atomic mass is 16.1. The van der Waals surface area contributed by atoms with E-state index in [-0.39, 0.29) is 5.91 Å². The van der Waals surface area contributed by atoms with Crippen LogP contribution in [0.2, 0.25) is 0 Å². The van der Waals surface area contributed by atoms with Crippen molar-refractivity contribution in [3.05, 3.63) is 71.0 Å². The normalized spacial score (nSPS) is 12.8. The van der Waals surface area contributed by atoms with Crippen molar-refractivity contribution >= 4 is 5.91 Å². The lowest BCUT2D eigenvalue weighted by Crippen LogP contribution is -2.24. The molecule has 126 valence electrons. The number of nitrogens with one attached hydrogen (secondary N) is 2. The summed E-state index contributed by atoms with van der Waals surface area (Å²) in [5.74, 6) is 0.773. The zero-order valence-corrected chi connectivity index (χ0v) is 14.0. The number of carbonyl (C=O) groups is 1. The fraction of sp³-hybridized carbons (Fsp3) is 0.250. The first-order chi connectivity index (χ1) is 12.3. The standard InChI is InChI=1S/C20H20N4O/c25-19(11-14-7-8-16-4-2-5-17(16)9-14)21-12-15-3-1-6-18(10-15)20-22-13-23-24-20/h1,3,6-10,13H,2,4-5,11-12H2,(H,21,25)(H,22,23,24). The molecule has 1 amide bonds. The van der Waals surface area contributed by atoms with Crippen molar-refractivity contribution in [1.82, 2.24) is 20.5 Å². The number of rotatable bonds is 5. The van der Waals surface area contributed by atoms with Gasteiger partial charge in [-0.2, -0.15) is 5.10 Å². The van der Waals surface area contributed by atoms with Crippen molar-refractivity contribution in [2.45, 2.75) is 32.2 Å². The summed E-state index contributed by atoms with van der Waals surface area (Å²) in [7, 11) is 0. The fourth-order valence-electron chi connectivity index (χ4n) is 3.36. The van der Waals surface area contributed by atoms with E-state index in [4.69, 9.17) is 0 Å². The van der Waals surface area contributed by atoms with E-state index in [9.17, 15) is 4.79 Å². The van der Waals surface area contributed by atoms with Gasteiger partial charge in [0.25, 0.3) is 0 Å². The number of nitrogens with zero attached hydrogens (tertiary/aromatic N) is 2. The zero-order chi connectivity index (χ0) is 17.1. The molecule has 0 spiro atoms. The second-order valence-corrected chi connectivity index (χ2v) is 6.44. The van der Waals surface area contributed by atoms with Crippen LogP contribution in [0.1, 0.15) is 28.7 Å². The minimum atomic E-state index is 0.0445. The number of H-pyrrole nitrogens is 1. The van der Waals surface area contributed by atoms with Gasteiger partial charge in [0.2, 0.25) is 5.91 Å². The van der Waals surface area contributed by atoms with Crippen molar-refractivity contribution in [2.75, 3.05) is 0 Å². The molecule has 3 aromatic rings. The Morgan fingerprint density at radius 1 is 1.08 bits per heavy atom. The highest BCUT2D eigenvalue weighted by Gasteiger charge is 2.12. The predicted octanol–water partition coefficient (Wildman–Crippen LogP) is 2.82. The van der Waals surface area contributed by atoms with Gasteiger partial charge in [0.05, 0.1) is 6.42 Å². The van der Waals surface area contributed by atoms with Gasteiger partial charge in [-0.1, -0.05) is 36.4 Å². The van der Waals surface area contributed by atoms with Gasteiger partial charge < -0.3 is 5.32 Å². The van der Waals surface area contributed by atoms with Crippen LogP contribution in [0.5, 0.6) is 0 Å². The molecule has 2 aromatic carbocycles. The smallest absolute Gasteiger partial charge is 0.224 e. The first-order valence-electron chi connectivity index (χ1n) is 8.60. The van der Waals surface area contributed by atoms with Crippen molar-refractivity contribution in [1.29, 1.82) is 0 Å². The van der Waals surface area contributed by atoms with Gasteiger partial charge in [0, 0.05) is 12.1 Å². The Bertz CT molecular complexity index is 886. The number of hydrogen-bond donors (Lipinski definition) is 2. The average molecular weight is 332 g/mol. The van der Waals surface area contributed by atoms with E-state index >= 15 is 0 Å². The van der Waals surface area contributed by atoms with Crippen molar-refractivity contribution < 1.29 is 4.79 Å². The predicted molar refractivity (Wildman–Crippen MR) is 95.8 cm³/mol. The molecule has 0 fully saturated rings. The highest BCUT2D eigenvalue weighted by Crippen LogP contribution is 2.23. The van der Waals surface area contributed by atoms with E-state index in [0.717, 1.165) is 28.9 Å². The number of hydrogen-bond acceptors (Lipinski definition) is 3. The summed E-state index contributed by atoms with van der Waals surface area (Å²) in [6.45, 7) is 0.506. The summed E-state index contributed by atoms with van der Waals surface area (Å²) in [4.78, 5) is 16.4. The summed E-state index contributed by atoms with van der Waals surface area (Å²) in [6.07, 6.45) is 5.45. The summed E-state index contributed by atoms with van der Waals surface area (Å²) < 4.78 is 0. The van der Waals surface area contributed by atoms with Crippen molar-refractivity contribution in [2.24, 2.45) is 0 Å². The zero-order valence-electron chi connectivity index (χ0n) is 14.0. The van der Waals surface area contributed by atoms with E-state index in [2.05, 4.69) is 38.7 Å². The molecule has 0 saturated carbocycles. The van der Waals surface area contributed by atoms with Crippen LogP contribution in [0.25, 0.3) is 11.4 Å². The molecular weight excluding hydrogens is 312 g/mol. The molecule has 0 saturated heterocycles. The molecular formula is C20H20N4O. The molecule has 4 rings (SSSR count). The number of fused-ring (bicyclic) bond motifs is 1. The summed E-state index contributed by atoms with van der Waals surface area (Å²) in [5.41, 5.74) is 5.94. The molecule has 0 bridgehead atoms. The molecule has 1 heterocycles. The largest absolute Gasteiger partial charge is 0.352 e. The minimum Gasteiger partial charge on any atom is -0.352 e. The van der Waals surface area contributed by atoms with Crippen LogP contribution in [0.4, 0.5) is 0 Å². The molecule has 25 heavy (non-hydrogen) atoms. The quantitative estimate of drug-likeness (QED) is 0.755. The molecule has 0 atom stereocenters. The van der Waals surface area contributed by atoms with E-state index in [1.807, 2.05) is 24.3 Å². The molecule has 1 aromatic heterocycles. The van der Waals surface area contributed by atoms with Gasteiger partial charge in [-0.15, -0.1) is 0 Å². The number of aryl methyl sites for hydroxylation is 2. The summed E-state index contributed by atoms with van der Waals surface area (Å²) >= 11 is 0. The average Bonchev–Trinajstić information content (AvgIpc) is 3.31. The van der Waals surface area contributed by atoms with Gasteiger partial charge >= 0.3 is 0 Å². The van der Waals surface area contributed by atoms with E-state index in [0.29, 0.717) is 13.0 Å². The van der Waals surface area contributed by atoms with Crippen LogP contribution in [-0.4, -0.2) is 21.1 Å². The van der Waals surface area contributed by atoms with E-state index in [1.165, 1.54) is 30.3 Å². The van der Waals surface area contributed by atoms with E-state index in [1.54, 1.807) is 0 Å². The van der Waals surface area contributed by atoms with Crippen LogP contribution >= 0.6 is 0 Å². The Balaban J connectivity index is 1.37. The molecule has 5 nitrogen and oxygen atoms in total. The van der Waals surface area contributed by atoms with Gasteiger partial charge in [0.1, 0.15) is 6.33 Å². The second-order valence-electron chi connectivity index (χ2n) is 6.44. The Kier molecular flexibility index (Phi) is 4.29. The second kappa shape index (κ2) is 6.89. The Hall–Kier alpha value is -2.95. The number of aromatic amines is 1. The third-order valence-corrected chi connectivity index (χ3v) is 4.63. The first-order valence-corrected chi connectivity index (χ1v) is 8.60. The molecule has 5 heteroatoms. The Morgan fingerprint density at radius 2 is 2.00 bits per heavy atom. The number of carbonyl (C=O) groups excluding carboxylic acids is 1. The number of benzene rings is 2. The molecule has 1 aliphatic rings. The van der Waals surface area contributed by atoms with Crippen LogP contribution in [-0.2, 0) is 30.6 Å². The topological polar surface area (TPSA) is 70.7 Å². The molecule has 0 radical (unpaired) electrons. The number of amides is 1. The third kappa shape index (κ3) is 3.60. The van der Waals surface area contributed by atoms with Gasteiger partial charge in [-0.3, -0.25) is 9.89 Å². The first kappa shape index (κ1) is 15.6. The third-order valence-electron chi connectivity index (χ3n) is 4.63. The van der Waals surface area contributed by atoms with Crippen molar-refractivity contribution in [3.63, 3.8) is 0 Å². The SMILES string of the molecule is O=C(Cc1ccc2c(c1)CCC2)NCc1cccc(-c2ncn[nH]2)c1. The number of aromatic nitrogens is 3. The Labute approximate surface area is 146 Å².